The highest BCUT2D eigenvalue weighted by molar-refractivity contribution is 5.43. The fourth-order valence-corrected chi connectivity index (χ4v) is 2.49. The molecule has 1 heterocycles. The summed E-state index contributed by atoms with van der Waals surface area (Å²) in [6, 6.07) is 9.04. The van der Waals surface area contributed by atoms with Gasteiger partial charge in [-0.05, 0) is 39.9 Å². The first-order valence-electron chi connectivity index (χ1n) is 7.80. The van der Waals surface area contributed by atoms with Crippen LogP contribution in [0.3, 0.4) is 0 Å². The van der Waals surface area contributed by atoms with Gasteiger partial charge in [0.15, 0.2) is 0 Å². The number of aromatic nitrogens is 2. The summed E-state index contributed by atoms with van der Waals surface area (Å²) in [6.45, 7) is 6.99. The lowest BCUT2D eigenvalue weighted by Gasteiger charge is -2.26. The second-order valence-corrected chi connectivity index (χ2v) is 5.92. The van der Waals surface area contributed by atoms with E-state index in [2.05, 4.69) is 72.4 Å². The third-order valence-corrected chi connectivity index (χ3v) is 3.91. The maximum Gasteiger partial charge on any atom is 0.132 e. The van der Waals surface area contributed by atoms with Crippen LogP contribution in [0.5, 0.6) is 0 Å². The summed E-state index contributed by atoms with van der Waals surface area (Å²) in [5, 5.41) is 3.51. The summed E-state index contributed by atoms with van der Waals surface area (Å²) in [6.07, 6.45) is 2.85. The molecule has 4 heteroatoms. The molecule has 1 aromatic heterocycles. The van der Waals surface area contributed by atoms with E-state index in [0.717, 1.165) is 30.2 Å². The Labute approximate surface area is 133 Å². The SMILES string of the molecule is CCc1cnc(C)nc1NCC(c1ccc(C)cc1)N(C)C. The smallest absolute Gasteiger partial charge is 0.132 e. The fourth-order valence-electron chi connectivity index (χ4n) is 2.49. The molecular formula is C18H26N4. The first-order chi connectivity index (χ1) is 10.5. The van der Waals surface area contributed by atoms with Gasteiger partial charge in [-0.15, -0.1) is 0 Å². The average Bonchev–Trinajstić information content (AvgIpc) is 2.49. The fraction of sp³-hybridized carbons (Fsp3) is 0.444. The van der Waals surface area contributed by atoms with Crippen LogP contribution in [0, 0.1) is 13.8 Å². The highest BCUT2D eigenvalue weighted by atomic mass is 15.1. The predicted molar refractivity (Wildman–Crippen MR) is 92.2 cm³/mol. The molecule has 0 aliphatic heterocycles. The Balaban J connectivity index is 2.16. The molecule has 2 aromatic rings. The van der Waals surface area contributed by atoms with Gasteiger partial charge in [0, 0.05) is 18.3 Å². The number of nitrogens with zero attached hydrogens (tertiary/aromatic N) is 3. The topological polar surface area (TPSA) is 41.1 Å². The minimum absolute atomic E-state index is 0.306. The third kappa shape index (κ3) is 4.04. The van der Waals surface area contributed by atoms with Gasteiger partial charge in [-0.2, -0.15) is 0 Å². The lowest BCUT2D eigenvalue weighted by atomic mass is 10.0. The summed E-state index contributed by atoms with van der Waals surface area (Å²) in [5.74, 6) is 1.76. The van der Waals surface area contributed by atoms with E-state index in [0.29, 0.717) is 6.04 Å². The monoisotopic (exact) mass is 298 g/mol. The Hall–Kier alpha value is -1.94. The minimum Gasteiger partial charge on any atom is -0.368 e. The summed E-state index contributed by atoms with van der Waals surface area (Å²) in [7, 11) is 4.22. The van der Waals surface area contributed by atoms with Crippen molar-refractivity contribution in [1.29, 1.82) is 0 Å². The van der Waals surface area contributed by atoms with Gasteiger partial charge >= 0.3 is 0 Å². The molecule has 0 saturated carbocycles. The zero-order chi connectivity index (χ0) is 16.1. The second-order valence-electron chi connectivity index (χ2n) is 5.92. The Morgan fingerprint density at radius 2 is 1.82 bits per heavy atom. The van der Waals surface area contributed by atoms with Gasteiger partial charge in [0.2, 0.25) is 0 Å². The molecule has 4 nitrogen and oxygen atoms in total. The summed E-state index contributed by atoms with van der Waals surface area (Å²) in [4.78, 5) is 11.1. The highest BCUT2D eigenvalue weighted by Crippen LogP contribution is 2.20. The normalized spacial score (nSPS) is 12.5. The molecular weight excluding hydrogens is 272 g/mol. The number of benzene rings is 1. The van der Waals surface area contributed by atoms with Crippen molar-refractivity contribution in [3.8, 4) is 0 Å². The zero-order valence-corrected chi connectivity index (χ0v) is 14.2. The second kappa shape index (κ2) is 7.36. The van der Waals surface area contributed by atoms with Gasteiger partial charge < -0.3 is 10.2 Å². The largest absolute Gasteiger partial charge is 0.368 e. The quantitative estimate of drug-likeness (QED) is 0.887. The number of likely N-dealkylation sites (N-methyl/N-ethyl adjacent to an activating group) is 1. The first-order valence-corrected chi connectivity index (χ1v) is 7.80. The van der Waals surface area contributed by atoms with Crippen LogP contribution in [0.25, 0.3) is 0 Å². The van der Waals surface area contributed by atoms with Gasteiger partial charge in [0.25, 0.3) is 0 Å². The van der Waals surface area contributed by atoms with Crippen molar-refractivity contribution in [2.24, 2.45) is 0 Å². The van der Waals surface area contributed by atoms with Crippen LogP contribution in [0.1, 0.15) is 35.5 Å². The van der Waals surface area contributed by atoms with Gasteiger partial charge in [0.1, 0.15) is 11.6 Å². The van der Waals surface area contributed by atoms with Gasteiger partial charge in [-0.3, -0.25) is 0 Å². The molecule has 0 amide bonds. The number of rotatable bonds is 6. The van der Waals surface area contributed by atoms with Crippen molar-refractivity contribution in [1.82, 2.24) is 14.9 Å². The van der Waals surface area contributed by atoms with E-state index < -0.39 is 0 Å². The molecule has 1 N–H and O–H groups in total. The van der Waals surface area contributed by atoms with E-state index >= 15 is 0 Å². The molecule has 1 unspecified atom stereocenters. The Bertz CT molecular complexity index is 605. The molecule has 0 bridgehead atoms. The maximum atomic E-state index is 4.54. The van der Waals surface area contributed by atoms with Crippen molar-refractivity contribution in [3.63, 3.8) is 0 Å². The lowest BCUT2D eigenvalue weighted by Crippen LogP contribution is -2.27. The van der Waals surface area contributed by atoms with E-state index in [1.165, 1.54) is 11.1 Å². The van der Waals surface area contributed by atoms with Crippen LogP contribution in [-0.2, 0) is 6.42 Å². The van der Waals surface area contributed by atoms with Crippen molar-refractivity contribution in [2.75, 3.05) is 26.0 Å². The minimum atomic E-state index is 0.306. The molecule has 0 aliphatic carbocycles. The molecule has 0 radical (unpaired) electrons. The van der Waals surface area contributed by atoms with Crippen LogP contribution < -0.4 is 5.32 Å². The molecule has 0 aliphatic rings. The van der Waals surface area contributed by atoms with E-state index in [1.807, 2.05) is 13.1 Å². The number of nitrogens with one attached hydrogen (secondary N) is 1. The van der Waals surface area contributed by atoms with Crippen molar-refractivity contribution in [2.45, 2.75) is 33.2 Å². The van der Waals surface area contributed by atoms with Gasteiger partial charge in [0.05, 0.1) is 6.04 Å². The predicted octanol–water partition coefficient (Wildman–Crippen LogP) is 3.37. The number of hydrogen-bond acceptors (Lipinski definition) is 4. The van der Waals surface area contributed by atoms with Gasteiger partial charge in [-0.25, -0.2) is 9.97 Å². The van der Waals surface area contributed by atoms with Gasteiger partial charge in [-0.1, -0.05) is 36.8 Å². The molecule has 0 saturated heterocycles. The molecule has 118 valence electrons. The summed E-state index contributed by atoms with van der Waals surface area (Å²) >= 11 is 0. The molecule has 0 spiro atoms. The molecule has 0 fully saturated rings. The van der Waals surface area contributed by atoms with Crippen molar-refractivity contribution in [3.05, 3.63) is 53.0 Å². The average molecular weight is 298 g/mol. The van der Waals surface area contributed by atoms with Crippen molar-refractivity contribution >= 4 is 5.82 Å². The summed E-state index contributed by atoms with van der Waals surface area (Å²) < 4.78 is 0. The Kier molecular flexibility index (Phi) is 5.50. The first kappa shape index (κ1) is 16.4. The lowest BCUT2D eigenvalue weighted by molar-refractivity contribution is 0.311. The van der Waals surface area contributed by atoms with Crippen LogP contribution in [0.4, 0.5) is 5.82 Å². The highest BCUT2D eigenvalue weighted by Gasteiger charge is 2.15. The van der Waals surface area contributed by atoms with Crippen LogP contribution in [-0.4, -0.2) is 35.5 Å². The number of hydrogen-bond donors (Lipinski definition) is 1. The Morgan fingerprint density at radius 3 is 2.41 bits per heavy atom. The molecule has 1 aromatic carbocycles. The number of anilines is 1. The van der Waals surface area contributed by atoms with E-state index in [9.17, 15) is 0 Å². The van der Waals surface area contributed by atoms with Crippen LogP contribution in [0.2, 0.25) is 0 Å². The van der Waals surface area contributed by atoms with Crippen LogP contribution in [0.15, 0.2) is 30.5 Å². The number of aryl methyl sites for hydroxylation is 3. The van der Waals surface area contributed by atoms with E-state index in [-0.39, 0.29) is 0 Å². The van der Waals surface area contributed by atoms with E-state index in [4.69, 9.17) is 0 Å². The van der Waals surface area contributed by atoms with Crippen molar-refractivity contribution < 1.29 is 0 Å². The standard InChI is InChI=1S/C18H26N4/c1-6-15-11-19-14(3)21-18(15)20-12-17(22(4)5)16-9-7-13(2)8-10-16/h7-11,17H,6,12H2,1-5H3,(H,19,20,21). The van der Waals surface area contributed by atoms with Crippen LogP contribution >= 0.6 is 0 Å². The molecule has 1 atom stereocenters. The van der Waals surface area contributed by atoms with E-state index in [1.54, 1.807) is 0 Å². The zero-order valence-electron chi connectivity index (χ0n) is 14.2. The maximum absolute atomic E-state index is 4.54. The third-order valence-electron chi connectivity index (χ3n) is 3.91. The molecule has 2 rings (SSSR count). The summed E-state index contributed by atoms with van der Waals surface area (Å²) in [5.41, 5.74) is 3.76. The Morgan fingerprint density at radius 1 is 1.14 bits per heavy atom. The molecule has 22 heavy (non-hydrogen) atoms.